The topological polar surface area (TPSA) is 54.0 Å². The van der Waals surface area contributed by atoms with Crippen molar-refractivity contribution in [2.45, 2.75) is 5.51 Å². The van der Waals surface area contributed by atoms with E-state index in [9.17, 15) is 18.0 Å². The van der Waals surface area contributed by atoms with Gasteiger partial charge in [0.15, 0.2) is 0 Å². The zero-order chi connectivity index (χ0) is 14.5. The Kier molecular flexibility index (Phi) is 5.74. The highest BCUT2D eigenvalue weighted by Crippen LogP contribution is 2.29. The highest BCUT2D eigenvalue weighted by atomic mass is 35.5. The summed E-state index contributed by atoms with van der Waals surface area (Å²) in [6.07, 6.45) is 1.30. The van der Waals surface area contributed by atoms with Crippen LogP contribution >= 0.6 is 23.4 Å². The Morgan fingerprint density at radius 3 is 2.79 bits per heavy atom. The van der Waals surface area contributed by atoms with Gasteiger partial charge in [0.05, 0.1) is 10.6 Å². The first kappa shape index (κ1) is 15.9. The number of hydrogen-bond acceptors (Lipinski definition) is 4. The van der Waals surface area contributed by atoms with Crippen molar-refractivity contribution in [1.82, 2.24) is 10.3 Å². The molecule has 106 valence electrons. The van der Waals surface area contributed by atoms with E-state index in [-0.39, 0.29) is 34.6 Å². The number of alkyl halides is 3. The monoisotopic (exact) mass is 313 g/mol. The van der Waals surface area contributed by atoms with Gasteiger partial charge in [-0.15, -0.1) is 0 Å². The molecule has 9 heteroatoms. The number of aromatic nitrogens is 1. The third-order valence-electron chi connectivity index (χ3n) is 2.01. The summed E-state index contributed by atoms with van der Waals surface area (Å²) < 4.78 is 35.6. The van der Waals surface area contributed by atoms with Crippen LogP contribution < -0.4 is 10.6 Å². The molecule has 1 aromatic rings. The predicted molar refractivity (Wildman–Crippen MR) is 69.6 cm³/mol. The van der Waals surface area contributed by atoms with E-state index in [0.29, 0.717) is 5.82 Å². The summed E-state index contributed by atoms with van der Waals surface area (Å²) in [6, 6.07) is 1.43. The second-order valence-electron chi connectivity index (χ2n) is 3.35. The van der Waals surface area contributed by atoms with Gasteiger partial charge in [-0.3, -0.25) is 4.79 Å². The van der Waals surface area contributed by atoms with Crippen LogP contribution in [-0.4, -0.2) is 35.7 Å². The lowest BCUT2D eigenvalue weighted by Gasteiger charge is -2.09. The van der Waals surface area contributed by atoms with Gasteiger partial charge < -0.3 is 10.6 Å². The molecule has 1 rings (SSSR count). The van der Waals surface area contributed by atoms with Crippen LogP contribution in [0.3, 0.4) is 0 Å². The van der Waals surface area contributed by atoms with Crippen LogP contribution in [0.2, 0.25) is 5.02 Å². The number of rotatable bonds is 5. The Bertz CT molecular complexity index is 456. The SMILES string of the molecule is CNc1cc(C(=O)NCCSC(F)(F)F)c(Cl)cn1. The molecule has 1 aromatic heterocycles. The van der Waals surface area contributed by atoms with E-state index >= 15 is 0 Å². The van der Waals surface area contributed by atoms with Gasteiger partial charge in [-0.2, -0.15) is 13.2 Å². The molecule has 0 saturated heterocycles. The molecule has 0 atom stereocenters. The van der Waals surface area contributed by atoms with Crippen LogP contribution in [0, 0.1) is 0 Å². The number of halogens is 4. The molecule has 0 fully saturated rings. The zero-order valence-electron chi connectivity index (χ0n) is 9.84. The molecule has 19 heavy (non-hydrogen) atoms. The van der Waals surface area contributed by atoms with Crippen LogP contribution in [0.5, 0.6) is 0 Å². The van der Waals surface area contributed by atoms with Crippen molar-refractivity contribution in [3.05, 3.63) is 22.8 Å². The second-order valence-corrected chi connectivity index (χ2v) is 4.92. The standard InChI is InChI=1S/C10H11ClF3N3OS/c1-15-8-4-6(7(11)5-17-8)9(18)16-2-3-19-10(12,13)14/h4-5H,2-3H2,1H3,(H,15,17)(H,16,18). The number of carbonyl (C=O) groups excluding carboxylic acids is 1. The fourth-order valence-electron chi connectivity index (χ4n) is 1.18. The molecule has 1 heterocycles. The molecular weight excluding hydrogens is 303 g/mol. The summed E-state index contributed by atoms with van der Waals surface area (Å²) >= 11 is 5.61. The van der Waals surface area contributed by atoms with Crippen molar-refractivity contribution in [1.29, 1.82) is 0 Å². The van der Waals surface area contributed by atoms with E-state index < -0.39 is 11.4 Å². The third kappa shape index (κ3) is 5.56. The van der Waals surface area contributed by atoms with E-state index in [1.54, 1.807) is 7.05 Å². The van der Waals surface area contributed by atoms with Gasteiger partial charge in [-0.05, 0) is 17.8 Å². The van der Waals surface area contributed by atoms with E-state index in [4.69, 9.17) is 11.6 Å². The van der Waals surface area contributed by atoms with Crippen LogP contribution in [-0.2, 0) is 0 Å². The predicted octanol–water partition coefficient (Wildman–Crippen LogP) is 2.76. The van der Waals surface area contributed by atoms with Crippen LogP contribution in [0.4, 0.5) is 19.0 Å². The Balaban J connectivity index is 2.54. The van der Waals surface area contributed by atoms with Crippen molar-refractivity contribution < 1.29 is 18.0 Å². The molecule has 2 N–H and O–H groups in total. The second kappa shape index (κ2) is 6.85. The molecule has 1 amide bonds. The Morgan fingerprint density at radius 1 is 1.53 bits per heavy atom. The smallest absolute Gasteiger partial charge is 0.373 e. The summed E-state index contributed by atoms with van der Waals surface area (Å²) in [5, 5.41) is 5.24. The van der Waals surface area contributed by atoms with Crippen molar-refractivity contribution in [3.63, 3.8) is 0 Å². The first-order valence-corrected chi connectivity index (χ1v) is 6.52. The van der Waals surface area contributed by atoms with E-state index in [1.807, 2.05) is 0 Å². The number of nitrogens with one attached hydrogen (secondary N) is 2. The molecule has 0 aromatic carbocycles. The zero-order valence-corrected chi connectivity index (χ0v) is 11.4. The summed E-state index contributed by atoms with van der Waals surface area (Å²) in [4.78, 5) is 15.6. The van der Waals surface area contributed by atoms with Gasteiger partial charge in [-0.25, -0.2) is 4.98 Å². The molecule has 4 nitrogen and oxygen atoms in total. The van der Waals surface area contributed by atoms with E-state index in [1.165, 1.54) is 12.3 Å². The maximum atomic E-state index is 11.9. The molecule has 0 aliphatic heterocycles. The molecule has 0 unspecified atom stereocenters. The number of anilines is 1. The third-order valence-corrected chi connectivity index (χ3v) is 3.05. The lowest BCUT2D eigenvalue weighted by Crippen LogP contribution is -2.27. The molecule has 0 saturated carbocycles. The minimum Gasteiger partial charge on any atom is -0.373 e. The van der Waals surface area contributed by atoms with Crippen molar-refractivity contribution >= 4 is 35.1 Å². The minimum absolute atomic E-state index is 0.101. The molecule has 0 radical (unpaired) electrons. The largest absolute Gasteiger partial charge is 0.441 e. The summed E-state index contributed by atoms with van der Waals surface area (Å²) in [6.45, 7) is -0.101. The van der Waals surface area contributed by atoms with Gasteiger partial charge in [0.2, 0.25) is 0 Å². The van der Waals surface area contributed by atoms with Crippen molar-refractivity contribution in [3.8, 4) is 0 Å². The average Bonchev–Trinajstić information content (AvgIpc) is 2.34. The van der Waals surface area contributed by atoms with E-state index in [2.05, 4.69) is 15.6 Å². The molecule has 0 aliphatic rings. The minimum atomic E-state index is -4.29. The number of amides is 1. The van der Waals surface area contributed by atoms with Crippen molar-refractivity contribution in [2.24, 2.45) is 0 Å². The number of carbonyl (C=O) groups is 1. The first-order valence-electron chi connectivity index (χ1n) is 5.15. The number of hydrogen-bond donors (Lipinski definition) is 2. The normalized spacial score (nSPS) is 11.2. The van der Waals surface area contributed by atoms with Crippen LogP contribution in [0.15, 0.2) is 12.3 Å². The van der Waals surface area contributed by atoms with Crippen LogP contribution in [0.25, 0.3) is 0 Å². The maximum absolute atomic E-state index is 11.9. The summed E-state index contributed by atoms with van der Waals surface area (Å²) in [5.41, 5.74) is -4.13. The van der Waals surface area contributed by atoms with Gasteiger partial charge >= 0.3 is 5.51 Å². The Hall–Kier alpha value is -1.15. The number of thioether (sulfide) groups is 1. The molecular formula is C10H11ClF3N3OS. The van der Waals surface area contributed by atoms with Gasteiger partial charge in [-0.1, -0.05) is 11.6 Å². The molecule has 0 spiro atoms. The van der Waals surface area contributed by atoms with Gasteiger partial charge in [0.1, 0.15) is 5.82 Å². The number of nitrogens with zero attached hydrogens (tertiary/aromatic N) is 1. The lowest BCUT2D eigenvalue weighted by atomic mass is 10.2. The highest BCUT2D eigenvalue weighted by molar-refractivity contribution is 8.00. The molecule has 0 aliphatic carbocycles. The van der Waals surface area contributed by atoms with E-state index in [0.717, 1.165) is 0 Å². The van der Waals surface area contributed by atoms with Gasteiger partial charge in [0.25, 0.3) is 5.91 Å². The Morgan fingerprint density at radius 2 is 2.21 bits per heavy atom. The maximum Gasteiger partial charge on any atom is 0.441 e. The van der Waals surface area contributed by atoms with Crippen molar-refractivity contribution in [2.75, 3.05) is 24.7 Å². The summed E-state index contributed by atoms with van der Waals surface area (Å²) in [7, 11) is 1.62. The van der Waals surface area contributed by atoms with Crippen LogP contribution in [0.1, 0.15) is 10.4 Å². The molecule has 0 bridgehead atoms. The fraction of sp³-hybridized carbons (Fsp3) is 0.400. The average molecular weight is 314 g/mol. The Labute approximate surface area is 117 Å². The number of pyridine rings is 1. The van der Waals surface area contributed by atoms with Gasteiger partial charge in [0, 0.05) is 25.5 Å². The fourth-order valence-corrected chi connectivity index (χ4v) is 1.80. The highest BCUT2D eigenvalue weighted by Gasteiger charge is 2.27. The quantitative estimate of drug-likeness (QED) is 0.821. The first-order chi connectivity index (χ1) is 8.83. The summed E-state index contributed by atoms with van der Waals surface area (Å²) in [5.74, 6) is -0.345. The lowest BCUT2D eigenvalue weighted by molar-refractivity contribution is -0.0327.